The number of nitrogens with zero attached hydrogens (tertiary/aromatic N) is 1. The molecule has 0 aliphatic carbocycles. The Bertz CT molecular complexity index is 755. The van der Waals surface area contributed by atoms with E-state index in [0.29, 0.717) is 6.54 Å². The lowest BCUT2D eigenvalue weighted by molar-refractivity contribution is -0.133. The molecule has 0 saturated heterocycles. The first-order valence-electron chi connectivity index (χ1n) is 7.63. The molecular weight excluding hydrogens is 306 g/mol. The number of para-hydroxylation sites is 1. The molecule has 1 amide bonds. The number of ether oxygens (including phenoxy) is 1. The Labute approximate surface area is 141 Å². The number of carbonyl (C=O) groups is 2. The van der Waals surface area contributed by atoms with Gasteiger partial charge in [-0.15, -0.1) is 0 Å². The molecule has 0 aromatic heterocycles. The Kier molecular flexibility index (Phi) is 5.58. The third kappa shape index (κ3) is 4.35. The van der Waals surface area contributed by atoms with Gasteiger partial charge in [-0.2, -0.15) is 0 Å². The second kappa shape index (κ2) is 7.64. The third-order valence-corrected chi connectivity index (χ3v) is 3.78. The molecule has 0 heterocycles. The van der Waals surface area contributed by atoms with Crippen LogP contribution >= 0.6 is 0 Å². The van der Waals surface area contributed by atoms with Crippen LogP contribution in [-0.2, 0) is 16.1 Å². The van der Waals surface area contributed by atoms with Crippen molar-refractivity contribution in [3.8, 4) is 5.75 Å². The maximum atomic E-state index is 12.1. The van der Waals surface area contributed by atoms with Gasteiger partial charge in [0, 0.05) is 13.6 Å². The minimum absolute atomic E-state index is 0.0438. The van der Waals surface area contributed by atoms with Crippen molar-refractivity contribution in [2.75, 3.05) is 13.7 Å². The van der Waals surface area contributed by atoms with Crippen molar-refractivity contribution in [3.63, 3.8) is 0 Å². The van der Waals surface area contributed by atoms with Crippen LogP contribution in [-0.4, -0.2) is 35.5 Å². The minimum Gasteiger partial charge on any atom is -0.507 e. The molecule has 0 radical (unpaired) electrons. The van der Waals surface area contributed by atoms with Crippen molar-refractivity contribution in [3.05, 3.63) is 64.7 Å². The van der Waals surface area contributed by atoms with E-state index in [1.807, 2.05) is 26.0 Å². The summed E-state index contributed by atoms with van der Waals surface area (Å²) in [6, 6.07) is 12.1. The summed E-state index contributed by atoms with van der Waals surface area (Å²) in [4.78, 5) is 25.5. The zero-order valence-electron chi connectivity index (χ0n) is 14.1. The summed E-state index contributed by atoms with van der Waals surface area (Å²) in [7, 11) is 1.66. The summed E-state index contributed by atoms with van der Waals surface area (Å²) in [6.45, 7) is 4.09. The Morgan fingerprint density at radius 3 is 2.50 bits per heavy atom. The Balaban J connectivity index is 1.92. The van der Waals surface area contributed by atoms with E-state index in [-0.39, 0.29) is 23.8 Å². The van der Waals surface area contributed by atoms with Gasteiger partial charge < -0.3 is 14.7 Å². The monoisotopic (exact) mass is 327 g/mol. The average Bonchev–Trinajstić information content (AvgIpc) is 2.55. The van der Waals surface area contributed by atoms with Crippen LogP contribution in [0.15, 0.2) is 42.5 Å². The average molecular weight is 327 g/mol. The lowest BCUT2D eigenvalue weighted by Gasteiger charge is -2.18. The number of esters is 1. The maximum Gasteiger partial charge on any atom is 0.342 e. The predicted octanol–water partition coefficient (Wildman–Crippen LogP) is 2.82. The standard InChI is InChI=1S/C19H21NO4/c1-13-8-9-15(14(2)10-13)11-20(3)18(22)12-24-19(23)16-6-4-5-7-17(16)21/h4-10,21H,11-12H2,1-3H3. The number of rotatable bonds is 5. The number of hydrogen-bond donors (Lipinski definition) is 1. The van der Waals surface area contributed by atoms with E-state index < -0.39 is 5.97 Å². The second-order valence-electron chi connectivity index (χ2n) is 5.77. The van der Waals surface area contributed by atoms with Crippen molar-refractivity contribution in [2.45, 2.75) is 20.4 Å². The molecule has 0 saturated carbocycles. The molecule has 24 heavy (non-hydrogen) atoms. The van der Waals surface area contributed by atoms with Crippen molar-refractivity contribution in [2.24, 2.45) is 0 Å². The van der Waals surface area contributed by atoms with Crippen molar-refractivity contribution in [1.82, 2.24) is 4.90 Å². The number of benzene rings is 2. The van der Waals surface area contributed by atoms with Gasteiger partial charge in [0.25, 0.3) is 5.91 Å². The molecule has 126 valence electrons. The van der Waals surface area contributed by atoms with Gasteiger partial charge in [0.05, 0.1) is 0 Å². The summed E-state index contributed by atoms with van der Waals surface area (Å²) in [5.74, 6) is -1.20. The molecule has 2 aromatic rings. The molecule has 0 bridgehead atoms. The number of aromatic hydroxyl groups is 1. The molecular formula is C19H21NO4. The van der Waals surface area contributed by atoms with Crippen LogP contribution in [0.1, 0.15) is 27.0 Å². The highest BCUT2D eigenvalue weighted by atomic mass is 16.5. The summed E-state index contributed by atoms with van der Waals surface area (Å²) >= 11 is 0. The van der Waals surface area contributed by atoms with Crippen LogP contribution < -0.4 is 0 Å². The number of phenols is 1. The molecule has 0 unspecified atom stereocenters. The molecule has 5 heteroatoms. The highest BCUT2D eigenvalue weighted by Gasteiger charge is 2.16. The lowest BCUT2D eigenvalue weighted by atomic mass is 10.1. The SMILES string of the molecule is Cc1ccc(CN(C)C(=O)COC(=O)c2ccccc2O)c(C)c1. The highest BCUT2D eigenvalue weighted by molar-refractivity contribution is 5.93. The number of aryl methyl sites for hydroxylation is 2. The number of phenolic OH excluding ortho intramolecular Hbond substituents is 1. The number of carbonyl (C=O) groups excluding carboxylic acids is 2. The van der Waals surface area contributed by atoms with Crippen molar-refractivity contribution < 1.29 is 19.4 Å². The fourth-order valence-corrected chi connectivity index (χ4v) is 2.33. The van der Waals surface area contributed by atoms with Gasteiger partial charge in [0.2, 0.25) is 0 Å². The van der Waals surface area contributed by atoms with Gasteiger partial charge in [0.1, 0.15) is 11.3 Å². The molecule has 0 aliphatic heterocycles. The van der Waals surface area contributed by atoms with Crippen molar-refractivity contribution >= 4 is 11.9 Å². The molecule has 2 rings (SSSR count). The molecule has 1 N–H and O–H groups in total. The van der Waals surface area contributed by atoms with E-state index in [1.54, 1.807) is 19.2 Å². The fourth-order valence-electron chi connectivity index (χ4n) is 2.33. The largest absolute Gasteiger partial charge is 0.507 e. The molecule has 0 aliphatic rings. The van der Waals surface area contributed by atoms with Crippen molar-refractivity contribution in [1.29, 1.82) is 0 Å². The predicted molar refractivity (Wildman–Crippen MR) is 90.8 cm³/mol. The zero-order chi connectivity index (χ0) is 17.7. The summed E-state index contributed by atoms with van der Waals surface area (Å²) in [5, 5.41) is 9.61. The molecule has 5 nitrogen and oxygen atoms in total. The third-order valence-electron chi connectivity index (χ3n) is 3.78. The number of likely N-dealkylation sites (N-methyl/N-ethyl adjacent to an activating group) is 1. The molecule has 2 aromatic carbocycles. The molecule has 0 atom stereocenters. The first-order valence-corrected chi connectivity index (χ1v) is 7.63. The van der Waals surface area contributed by atoms with Gasteiger partial charge >= 0.3 is 5.97 Å². The van der Waals surface area contributed by atoms with Gasteiger partial charge in [0.15, 0.2) is 6.61 Å². The summed E-state index contributed by atoms with van der Waals surface area (Å²) < 4.78 is 4.99. The van der Waals surface area contributed by atoms with Crippen LogP contribution in [0.3, 0.4) is 0 Å². The highest BCUT2D eigenvalue weighted by Crippen LogP contribution is 2.17. The van der Waals surface area contributed by atoms with E-state index in [2.05, 4.69) is 6.07 Å². The lowest BCUT2D eigenvalue weighted by Crippen LogP contribution is -2.31. The summed E-state index contributed by atoms with van der Waals surface area (Å²) in [5.41, 5.74) is 3.37. The van der Waals surface area contributed by atoms with E-state index in [0.717, 1.165) is 11.1 Å². The van der Waals surface area contributed by atoms with E-state index >= 15 is 0 Å². The second-order valence-corrected chi connectivity index (χ2v) is 5.77. The number of hydrogen-bond acceptors (Lipinski definition) is 4. The van der Waals surface area contributed by atoms with Gasteiger partial charge in [-0.3, -0.25) is 4.79 Å². The van der Waals surface area contributed by atoms with Crippen LogP contribution in [0.4, 0.5) is 0 Å². The van der Waals surface area contributed by atoms with Gasteiger partial charge in [-0.25, -0.2) is 4.79 Å². The zero-order valence-corrected chi connectivity index (χ0v) is 14.1. The first kappa shape index (κ1) is 17.5. The Morgan fingerprint density at radius 2 is 1.83 bits per heavy atom. The van der Waals surface area contributed by atoms with Crippen LogP contribution in [0.2, 0.25) is 0 Å². The minimum atomic E-state index is -0.721. The summed E-state index contributed by atoms with van der Waals surface area (Å²) in [6.07, 6.45) is 0. The first-order chi connectivity index (χ1) is 11.4. The smallest absolute Gasteiger partial charge is 0.342 e. The van der Waals surface area contributed by atoms with Gasteiger partial charge in [-0.05, 0) is 37.1 Å². The topological polar surface area (TPSA) is 66.8 Å². The fraction of sp³-hybridized carbons (Fsp3) is 0.263. The van der Waals surface area contributed by atoms with Crippen LogP contribution in [0.5, 0.6) is 5.75 Å². The number of amides is 1. The van der Waals surface area contributed by atoms with Gasteiger partial charge in [-0.1, -0.05) is 35.9 Å². The van der Waals surface area contributed by atoms with Crippen LogP contribution in [0.25, 0.3) is 0 Å². The quantitative estimate of drug-likeness (QED) is 0.858. The van der Waals surface area contributed by atoms with E-state index in [4.69, 9.17) is 4.74 Å². The van der Waals surface area contributed by atoms with Crippen LogP contribution in [0, 0.1) is 13.8 Å². The molecule has 0 spiro atoms. The maximum absolute atomic E-state index is 12.1. The Hall–Kier alpha value is -2.82. The molecule has 0 fully saturated rings. The van der Waals surface area contributed by atoms with E-state index in [9.17, 15) is 14.7 Å². The van der Waals surface area contributed by atoms with E-state index in [1.165, 1.54) is 22.6 Å². The normalized spacial score (nSPS) is 10.3. The Morgan fingerprint density at radius 1 is 1.12 bits per heavy atom.